The van der Waals surface area contributed by atoms with E-state index in [4.69, 9.17) is 0 Å². The average molecular weight is 473 g/mol. The molecule has 2 aliphatic rings. The molecule has 0 saturated carbocycles. The molecule has 0 radical (unpaired) electrons. The van der Waals surface area contributed by atoms with Gasteiger partial charge in [-0.3, -0.25) is 9.59 Å². The van der Waals surface area contributed by atoms with Crippen LogP contribution in [0.25, 0.3) is 0 Å². The zero-order chi connectivity index (χ0) is 25.0. The van der Waals surface area contributed by atoms with Crippen LogP contribution in [-0.4, -0.2) is 44.7 Å². The van der Waals surface area contributed by atoms with E-state index in [1.165, 1.54) is 0 Å². The van der Waals surface area contributed by atoms with Gasteiger partial charge in [0.25, 0.3) is 0 Å². The number of hydrogen-bond acceptors (Lipinski definition) is 5. The second kappa shape index (κ2) is 14.6. The van der Waals surface area contributed by atoms with Crippen molar-refractivity contribution >= 4 is 11.6 Å². The Labute approximate surface area is 205 Å². The van der Waals surface area contributed by atoms with E-state index in [-0.39, 0.29) is 29.8 Å². The second-order valence-electron chi connectivity index (χ2n) is 10.3. The van der Waals surface area contributed by atoms with Crippen molar-refractivity contribution in [1.29, 1.82) is 0 Å². The van der Waals surface area contributed by atoms with Crippen LogP contribution in [0, 0.1) is 17.8 Å². The summed E-state index contributed by atoms with van der Waals surface area (Å²) in [6.07, 6.45) is 19.6. The lowest BCUT2D eigenvalue weighted by Gasteiger charge is -2.32. The van der Waals surface area contributed by atoms with Gasteiger partial charge >= 0.3 is 0 Å². The SMILES string of the molecule is C/C=C/C(C)C[C@]1(O)CCCC[C@H](O)CCC2C=CCC(=O)C2C(=O)C/C=C/C=C/C[C@@H](O)C1. The van der Waals surface area contributed by atoms with Crippen molar-refractivity contribution in [3.63, 3.8) is 0 Å². The largest absolute Gasteiger partial charge is 0.393 e. The van der Waals surface area contributed by atoms with Gasteiger partial charge in [-0.2, -0.15) is 0 Å². The molecule has 6 atom stereocenters. The molecule has 3 N–H and O–H groups in total. The highest BCUT2D eigenvalue weighted by molar-refractivity contribution is 6.04. The Morgan fingerprint density at radius 3 is 2.44 bits per heavy atom. The van der Waals surface area contributed by atoms with Gasteiger partial charge in [0.1, 0.15) is 11.6 Å². The molecule has 0 aromatic carbocycles. The van der Waals surface area contributed by atoms with Crippen LogP contribution in [0.15, 0.2) is 48.6 Å². The maximum Gasteiger partial charge on any atom is 0.147 e. The molecule has 34 heavy (non-hydrogen) atoms. The van der Waals surface area contributed by atoms with Gasteiger partial charge in [0.15, 0.2) is 0 Å². The lowest BCUT2D eigenvalue weighted by atomic mass is 9.76. The predicted octanol–water partition coefficient (Wildman–Crippen LogP) is 5.01. The quantitative estimate of drug-likeness (QED) is 0.396. The Bertz CT molecular complexity index is 764. The van der Waals surface area contributed by atoms with Crippen LogP contribution in [0.1, 0.15) is 84.5 Å². The molecule has 0 heterocycles. The number of allylic oxidation sites excluding steroid dienone is 7. The molecule has 0 saturated heterocycles. The van der Waals surface area contributed by atoms with E-state index in [1.54, 1.807) is 12.2 Å². The molecule has 0 aromatic heterocycles. The number of Topliss-reactive ketones (excluding diaryl/α,β-unsaturated/α-hetero) is 2. The highest BCUT2D eigenvalue weighted by atomic mass is 16.3. The van der Waals surface area contributed by atoms with Crippen LogP contribution in [0.2, 0.25) is 0 Å². The van der Waals surface area contributed by atoms with Crippen LogP contribution in [-0.2, 0) is 9.59 Å². The van der Waals surface area contributed by atoms with E-state index in [0.717, 1.165) is 12.8 Å². The number of aliphatic hydroxyl groups excluding tert-OH is 2. The minimum absolute atomic E-state index is 0.0311. The van der Waals surface area contributed by atoms with Crippen molar-refractivity contribution in [1.82, 2.24) is 0 Å². The highest BCUT2D eigenvalue weighted by Crippen LogP contribution is 2.31. The minimum atomic E-state index is -0.956. The Morgan fingerprint density at radius 1 is 1.00 bits per heavy atom. The smallest absolute Gasteiger partial charge is 0.147 e. The minimum Gasteiger partial charge on any atom is -0.393 e. The summed E-state index contributed by atoms with van der Waals surface area (Å²) in [6.45, 7) is 4.04. The van der Waals surface area contributed by atoms with E-state index in [1.807, 2.05) is 37.3 Å². The molecule has 0 fully saturated rings. The van der Waals surface area contributed by atoms with Crippen molar-refractivity contribution in [2.45, 2.75) is 102 Å². The third kappa shape index (κ3) is 9.81. The van der Waals surface area contributed by atoms with Gasteiger partial charge < -0.3 is 15.3 Å². The Morgan fingerprint density at radius 2 is 1.71 bits per heavy atom. The van der Waals surface area contributed by atoms with Crippen LogP contribution in [0.5, 0.6) is 0 Å². The van der Waals surface area contributed by atoms with Crippen molar-refractivity contribution in [2.75, 3.05) is 0 Å². The zero-order valence-corrected chi connectivity index (χ0v) is 20.9. The summed E-state index contributed by atoms with van der Waals surface area (Å²) in [5.41, 5.74) is -0.956. The van der Waals surface area contributed by atoms with Crippen LogP contribution in [0.4, 0.5) is 0 Å². The van der Waals surface area contributed by atoms with Gasteiger partial charge in [-0.05, 0) is 57.3 Å². The fraction of sp³-hybridized carbons (Fsp3) is 0.655. The lowest BCUT2D eigenvalue weighted by molar-refractivity contribution is -0.134. The van der Waals surface area contributed by atoms with Crippen LogP contribution >= 0.6 is 0 Å². The molecule has 2 aliphatic carbocycles. The topological polar surface area (TPSA) is 94.8 Å². The maximum atomic E-state index is 12.8. The normalized spacial score (nSPS) is 35.7. The summed E-state index contributed by atoms with van der Waals surface area (Å²) in [5.74, 6) is -0.663. The summed E-state index contributed by atoms with van der Waals surface area (Å²) in [4.78, 5) is 25.2. The van der Waals surface area contributed by atoms with Crippen molar-refractivity contribution in [3.05, 3.63) is 48.6 Å². The average Bonchev–Trinajstić information content (AvgIpc) is 2.77. The predicted molar refractivity (Wildman–Crippen MR) is 136 cm³/mol. The molecule has 0 bridgehead atoms. The summed E-state index contributed by atoms with van der Waals surface area (Å²) in [5, 5.41) is 32.4. The molecule has 5 heteroatoms. The number of ketones is 2. The van der Waals surface area contributed by atoms with E-state index < -0.39 is 23.7 Å². The fourth-order valence-electron chi connectivity index (χ4n) is 5.39. The summed E-state index contributed by atoms with van der Waals surface area (Å²) >= 11 is 0. The molecule has 190 valence electrons. The highest BCUT2D eigenvalue weighted by Gasteiger charge is 2.34. The van der Waals surface area contributed by atoms with Crippen LogP contribution < -0.4 is 0 Å². The molecule has 0 aliphatic heterocycles. The van der Waals surface area contributed by atoms with Crippen molar-refractivity contribution < 1.29 is 24.9 Å². The Hall–Kier alpha value is -1.82. The molecular formula is C29H44O5. The van der Waals surface area contributed by atoms with E-state index in [0.29, 0.717) is 51.4 Å². The molecule has 5 nitrogen and oxygen atoms in total. The zero-order valence-electron chi connectivity index (χ0n) is 20.9. The molecule has 0 aromatic rings. The Kier molecular flexibility index (Phi) is 12.2. The van der Waals surface area contributed by atoms with Gasteiger partial charge in [0, 0.05) is 19.3 Å². The summed E-state index contributed by atoms with van der Waals surface area (Å²) in [6, 6.07) is 0. The standard InChI is InChI=1S/C29H44O5/c1-3-11-22(2)20-29(34)19-9-8-13-24(30)18-17-23-12-10-16-27(33)28(23)26(32)15-7-5-4-6-14-25(31)21-29/h3-7,10-12,22-25,28,30-31,34H,8-9,13-21H2,1-2H3/b6-4+,7-5+,11-3+/t22?,23?,24-,25+,28?,29+/m0/s1. The van der Waals surface area contributed by atoms with Crippen molar-refractivity contribution in [3.8, 4) is 0 Å². The van der Waals surface area contributed by atoms with Crippen LogP contribution in [0.3, 0.4) is 0 Å². The third-order valence-corrected chi connectivity index (χ3v) is 7.04. The first-order valence-electron chi connectivity index (χ1n) is 13.0. The van der Waals surface area contributed by atoms with Crippen molar-refractivity contribution in [2.24, 2.45) is 17.8 Å². The third-order valence-electron chi connectivity index (χ3n) is 7.04. The number of carbonyl (C=O) groups excluding carboxylic acids is 2. The van der Waals surface area contributed by atoms with E-state index >= 15 is 0 Å². The number of rotatable bonds is 3. The number of hydrogen-bond donors (Lipinski definition) is 3. The molecule has 0 spiro atoms. The van der Waals surface area contributed by atoms with E-state index in [2.05, 4.69) is 13.0 Å². The lowest BCUT2D eigenvalue weighted by Crippen LogP contribution is -2.35. The first-order valence-corrected chi connectivity index (χ1v) is 13.0. The first kappa shape index (κ1) is 28.4. The summed E-state index contributed by atoms with van der Waals surface area (Å²) in [7, 11) is 0. The second-order valence-corrected chi connectivity index (χ2v) is 10.3. The van der Waals surface area contributed by atoms with Gasteiger partial charge in [0.05, 0.1) is 23.7 Å². The fourth-order valence-corrected chi connectivity index (χ4v) is 5.39. The van der Waals surface area contributed by atoms with E-state index in [9.17, 15) is 24.9 Å². The monoisotopic (exact) mass is 472 g/mol. The Balaban J connectivity index is 2.11. The number of aliphatic hydroxyl groups is 3. The van der Waals surface area contributed by atoms with Gasteiger partial charge in [-0.1, -0.05) is 68.4 Å². The number of carbonyl (C=O) groups is 2. The maximum absolute atomic E-state index is 12.8. The number of fused-ring (bicyclic) bond motifs is 1. The summed E-state index contributed by atoms with van der Waals surface area (Å²) < 4.78 is 0. The molecule has 3 unspecified atom stereocenters. The first-order chi connectivity index (χ1) is 16.2. The van der Waals surface area contributed by atoms with Gasteiger partial charge in [-0.25, -0.2) is 0 Å². The molecule has 2 rings (SSSR count). The molecular weight excluding hydrogens is 428 g/mol. The van der Waals surface area contributed by atoms with Gasteiger partial charge in [-0.15, -0.1) is 0 Å². The van der Waals surface area contributed by atoms with Gasteiger partial charge in [0.2, 0.25) is 0 Å². The molecule has 0 amide bonds.